The SMILES string of the molecule is CNC(=O)CCOc1ccc(CCC(C)NC)cc1. The highest BCUT2D eigenvalue weighted by molar-refractivity contribution is 5.75. The standard InChI is InChI=1S/C15H24N2O2/c1-12(16-2)4-5-13-6-8-14(9-7-13)19-11-10-15(18)17-3/h6-9,12,16H,4-5,10-11H2,1-3H3,(H,17,18). The molecule has 0 aliphatic rings. The molecule has 0 saturated carbocycles. The first-order valence-electron chi connectivity index (χ1n) is 6.75. The van der Waals surface area contributed by atoms with E-state index in [4.69, 9.17) is 4.74 Å². The molecule has 106 valence electrons. The van der Waals surface area contributed by atoms with E-state index in [1.54, 1.807) is 7.05 Å². The number of ether oxygens (including phenoxy) is 1. The van der Waals surface area contributed by atoms with Gasteiger partial charge in [0.25, 0.3) is 0 Å². The third-order valence-electron chi connectivity index (χ3n) is 3.16. The number of carbonyl (C=O) groups is 1. The van der Waals surface area contributed by atoms with Gasteiger partial charge in [-0.15, -0.1) is 0 Å². The lowest BCUT2D eigenvalue weighted by atomic mass is 10.1. The summed E-state index contributed by atoms with van der Waals surface area (Å²) in [7, 11) is 3.61. The van der Waals surface area contributed by atoms with Crippen LogP contribution in [0.15, 0.2) is 24.3 Å². The van der Waals surface area contributed by atoms with Gasteiger partial charge in [-0.1, -0.05) is 12.1 Å². The molecule has 1 aromatic rings. The summed E-state index contributed by atoms with van der Waals surface area (Å²) in [5.74, 6) is 0.812. The second-order valence-electron chi connectivity index (χ2n) is 4.64. The smallest absolute Gasteiger partial charge is 0.223 e. The maximum atomic E-state index is 11.0. The number of hydrogen-bond donors (Lipinski definition) is 2. The third-order valence-corrected chi connectivity index (χ3v) is 3.16. The molecule has 1 atom stereocenters. The fraction of sp³-hybridized carbons (Fsp3) is 0.533. The lowest BCUT2D eigenvalue weighted by molar-refractivity contribution is -0.121. The average molecular weight is 264 g/mol. The Hall–Kier alpha value is -1.55. The van der Waals surface area contributed by atoms with Crippen molar-refractivity contribution in [3.8, 4) is 5.75 Å². The molecule has 19 heavy (non-hydrogen) atoms. The fourth-order valence-corrected chi connectivity index (χ4v) is 1.67. The molecule has 1 unspecified atom stereocenters. The molecule has 0 fully saturated rings. The van der Waals surface area contributed by atoms with E-state index >= 15 is 0 Å². The van der Waals surface area contributed by atoms with Crippen molar-refractivity contribution in [2.24, 2.45) is 0 Å². The van der Waals surface area contributed by atoms with Crippen LogP contribution in [0, 0.1) is 0 Å². The quantitative estimate of drug-likeness (QED) is 0.752. The predicted molar refractivity (Wildman–Crippen MR) is 77.5 cm³/mol. The fourth-order valence-electron chi connectivity index (χ4n) is 1.67. The molecule has 0 bridgehead atoms. The van der Waals surface area contributed by atoms with Gasteiger partial charge in [0.15, 0.2) is 0 Å². The van der Waals surface area contributed by atoms with E-state index < -0.39 is 0 Å². The van der Waals surface area contributed by atoms with Gasteiger partial charge in [-0.3, -0.25) is 4.79 Å². The summed E-state index contributed by atoms with van der Waals surface area (Å²) in [5.41, 5.74) is 1.31. The molecule has 0 heterocycles. The first-order valence-corrected chi connectivity index (χ1v) is 6.75. The van der Waals surface area contributed by atoms with Gasteiger partial charge < -0.3 is 15.4 Å². The van der Waals surface area contributed by atoms with Crippen molar-refractivity contribution in [1.29, 1.82) is 0 Å². The Balaban J connectivity index is 2.33. The predicted octanol–water partition coefficient (Wildman–Crippen LogP) is 1.74. The molecule has 0 aromatic heterocycles. The molecule has 2 N–H and O–H groups in total. The van der Waals surface area contributed by atoms with E-state index in [-0.39, 0.29) is 5.91 Å². The normalized spacial score (nSPS) is 11.9. The molecule has 1 amide bonds. The van der Waals surface area contributed by atoms with Gasteiger partial charge in [0.05, 0.1) is 13.0 Å². The Kier molecular flexibility index (Phi) is 6.97. The van der Waals surface area contributed by atoms with Crippen LogP contribution >= 0.6 is 0 Å². The van der Waals surface area contributed by atoms with E-state index in [0.717, 1.165) is 18.6 Å². The molecule has 0 aliphatic carbocycles. The lowest BCUT2D eigenvalue weighted by Crippen LogP contribution is -2.21. The molecule has 4 heteroatoms. The Labute approximate surface area is 115 Å². The highest BCUT2D eigenvalue weighted by atomic mass is 16.5. The van der Waals surface area contributed by atoms with Crippen LogP contribution in [-0.2, 0) is 11.2 Å². The number of aryl methyl sites for hydroxylation is 1. The summed E-state index contributed by atoms with van der Waals surface area (Å²) < 4.78 is 5.51. The van der Waals surface area contributed by atoms with Crippen LogP contribution in [0.5, 0.6) is 5.75 Å². The van der Waals surface area contributed by atoms with Crippen LogP contribution < -0.4 is 15.4 Å². The van der Waals surface area contributed by atoms with Crippen molar-refractivity contribution in [2.75, 3.05) is 20.7 Å². The van der Waals surface area contributed by atoms with Gasteiger partial charge in [0.1, 0.15) is 5.75 Å². The summed E-state index contributed by atoms with van der Waals surface area (Å²) in [6.07, 6.45) is 2.56. The summed E-state index contributed by atoms with van der Waals surface area (Å²) in [6.45, 7) is 2.59. The van der Waals surface area contributed by atoms with Crippen LogP contribution in [-0.4, -0.2) is 32.7 Å². The molecule has 1 aromatic carbocycles. The molecule has 4 nitrogen and oxygen atoms in total. The van der Waals surface area contributed by atoms with Crippen molar-refractivity contribution in [2.45, 2.75) is 32.2 Å². The number of carbonyl (C=O) groups excluding carboxylic acids is 1. The zero-order valence-corrected chi connectivity index (χ0v) is 12.0. The van der Waals surface area contributed by atoms with Gasteiger partial charge in [0.2, 0.25) is 5.91 Å². The zero-order valence-electron chi connectivity index (χ0n) is 12.0. The van der Waals surface area contributed by atoms with Crippen molar-refractivity contribution in [1.82, 2.24) is 10.6 Å². The minimum atomic E-state index is -0.00215. The molecule has 0 saturated heterocycles. The number of hydrogen-bond acceptors (Lipinski definition) is 3. The maximum absolute atomic E-state index is 11.0. The van der Waals surface area contributed by atoms with Crippen LogP contribution in [0.3, 0.4) is 0 Å². The second-order valence-corrected chi connectivity index (χ2v) is 4.64. The van der Waals surface area contributed by atoms with Gasteiger partial charge in [-0.05, 0) is 44.5 Å². The Morgan fingerprint density at radius 2 is 1.95 bits per heavy atom. The van der Waals surface area contributed by atoms with Gasteiger partial charge in [-0.2, -0.15) is 0 Å². The Morgan fingerprint density at radius 1 is 1.26 bits per heavy atom. The third kappa shape index (κ3) is 6.25. The summed E-state index contributed by atoms with van der Waals surface area (Å²) in [4.78, 5) is 11.0. The average Bonchev–Trinajstić information content (AvgIpc) is 2.45. The minimum Gasteiger partial charge on any atom is -0.493 e. The largest absolute Gasteiger partial charge is 0.493 e. The maximum Gasteiger partial charge on any atom is 0.223 e. The highest BCUT2D eigenvalue weighted by Gasteiger charge is 2.01. The second kappa shape index (κ2) is 8.53. The van der Waals surface area contributed by atoms with E-state index in [1.807, 2.05) is 19.2 Å². The van der Waals surface area contributed by atoms with E-state index in [1.165, 1.54) is 5.56 Å². The molecule has 0 aliphatic heterocycles. The number of benzene rings is 1. The van der Waals surface area contributed by atoms with Crippen molar-refractivity contribution in [3.05, 3.63) is 29.8 Å². The summed E-state index contributed by atoms with van der Waals surface area (Å²) >= 11 is 0. The number of nitrogens with one attached hydrogen (secondary N) is 2. The first-order chi connectivity index (χ1) is 9.15. The van der Waals surface area contributed by atoms with E-state index in [9.17, 15) is 4.79 Å². The molecule has 0 radical (unpaired) electrons. The molecule has 1 rings (SSSR count). The molecule has 0 spiro atoms. The monoisotopic (exact) mass is 264 g/mol. The van der Waals surface area contributed by atoms with Crippen LogP contribution in [0.25, 0.3) is 0 Å². The van der Waals surface area contributed by atoms with E-state index in [0.29, 0.717) is 19.1 Å². The number of amides is 1. The summed E-state index contributed by atoms with van der Waals surface area (Å²) in [6, 6.07) is 8.62. The number of rotatable bonds is 8. The minimum absolute atomic E-state index is 0.00215. The Bertz CT molecular complexity index is 376. The van der Waals surface area contributed by atoms with Crippen LogP contribution in [0.2, 0.25) is 0 Å². The summed E-state index contributed by atoms with van der Waals surface area (Å²) in [5, 5.41) is 5.80. The van der Waals surface area contributed by atoms with Crippen LogP contribution in [0.4, 0.5) is 0 Å². The molecular weight excluding hydrogens is 240 g/mol. The van der Waals surface area contributed by atoms with Crippen molar-refractivity contribution >= 4 is 5.91 Å². The van der Waals surface area contributed by atoms with E-state index in [2.05, 4.69) is 29.7 Å². The first kappa shape index (κ1) is 15.5. The topological polar surface area (TPSA) is 50.4 Å². The zero-order chi connectivity index (χ0) is 14.1. The van der Waals surface area contributed by atoms with Gasteiger partial charge in [0, 0.05) is 13.1 Å². The van der Waals surface area contributed by atoms with Gasteiger partial charge >= 0.3 is 0 Å². The van der Waals surface area contributed by atoms with Crippen LogP contribution in [0.1, 0.15) is 25.3 Å². The van der Waals surface area contributed by atoms with Crippen molar-refractivity contribution < 1.29 is 9.53 Å². The van der Waals surface area contributed by atoms with Gasteiger partial charge in [-0.25, -0.2) is 0 Å². The molecular formula is C15H24N2O2. The highest BCUT2D eigenvalue weighted by Crippen LogP contribution is 2.14. The Morgan fingerprint density at radius 3 is 2.53 bits per heavy atom. The lowest BCUT2D eigenvalue weighted by Gasteiger charge is -2.10. The van der Waals surface area contributed by atoms with Crippen molar-refractivity contribution in [3.63, 3.8) is 0 Å².